The molecule has 3 rings (SSSR count). The Morgan fingerprint density at radius 2 is 1.73 bits per heavy atom. The van der Waals surface area contributed by atoms with Crippen molar-refractivity contribution in [3.8, 4) is 0 Å². The van der Waals surface area contributed by atoms with Gasteiger partial charge in [-0.2, -0.15) is 0 Å². The van der Waals surface area contributed by atoms with Crippen molar-refractivity contribution in [2.45, 2.75) is 27.2 Å². The van der Waals surface area contributed by atoms with Crippen LogP contribution in [0.25, 0.3) is 0 Å². The molecule has 1 N–H and O–H groups in total. The minimum Gasteiger partial charge on any atom is -0.326 e. The molecule has 2 aromatic carbocycles. The van der Waals surface area contributed by atoms with Gasteiger partial charge in [-0.05, 0) is 44.0 Å². The molecule has 1 aliphatic rings. The van der Waals surface area contributed by atoms with Gasteiger partial charge in [-0.25, -0.2) is 0 Å². The molecule has 1 saturated heterocycles. The van der Waals surface area contributed by atoms with E-state index in [9.17, 15) is 14.4 Å². The van der Waals surface area contributed by atoms with E-state index in [2.05, 4.69) is 5.32 Å². The number of aryl methyl sites for hydroxylation is 2. The van der Waals surface area contributed by atoms with Gasteiger partial charge in [-0.3, -0.25) is 14.4 Å². The Bertz CT molecular complexity index is 868. The first-order valence-corrected chi connectivity index (χ1v) is 8.65. The minimum atomic E-state index is -0.414. The lowest BCUT2D eigenvalue weighted by atomic mass is 10.1. The zero-order chi connectivity index (χ0) is 18.8. The van der Waals surface area contributed by atoms with Gasteiger partial charge in [0.2, 0.25) is 11.8 Å². The van der Waals surface area contributed by atoms with Gasteiger partial charge in [0, 0.05) is 29.9 Å². The Morgan fingerprint density at radius 1 is 1.08 bits per heavy atom. The summed E-state index contributed by atoms with van der Waals surface area (Å²) in [6, 6.07) is 12.7. The van der Waals surface area contributed by atoms with Crippen molar-refractivity contribution in [1.29, 1.82) is 0 Å². The Labute approximate surface area is 153 Å². The van der Waals surface area contributed by atoms with E-state index in [0.717, 1.165) is 16.8 Å². The maximum atomic E-state index is 12.6. The number of carbonyl (C=O) groups excluding carboxylic acids is 3. The number of ketones is 1. The molecule has 2 aromatic rings. The molecular formula is C21H22N2O3. The molecule has 26 heavy (non-hydrogen) atoms. The molecule has 1 atom stereocenters. The van der Waals surface area contributed by atoms with Crippen LogP contribution >= 0.6 is 0 Å². The number of rotatable bonds is 4. The Kier molecular flexibility index (Phi) is 4.89. The van der Waals surface area contributed by atoms with Gasteiger partial charge in [0.1, 0.15) is 0 Å². The summed E-state index contributed by atoms with van der Waals surface area (Å²) in [5, 5.41) is 2.83. The molecule has 2 amide bonds. The summed E-state index contributed by atoms with van der Waals surface area (Å²) in [6.45, 7) is 5.79. The number of para-hydroxylation sites is 1. The number of Topliss-reactive ketones (excluding diaryl/α,β-unsaturated/α-hetero) is 1. The van der Waals surface area contributed by atoms with Crippen LogP contribution < -0.4 is 10.2 Å². The number of anilines is 2. The van der Waals surface area contributed by atoms with E-state index in [1.807, 2.05) is 32.0 Å². The molecule has 0 spiro atoms. The highest BCUT2D eigenvalue weighted by molar-refractivity contribution is 6.04. The zero-order valence-corrected chi connectivity index (χ0v) is 15.2. The molecule has 0 radical (unpaired) electrons. The Morgan fingerprint density at radius 3 is 2.38 bits per heavy atom. The highest BCUT2D eigenvalue weighted by Crippen LogP contribution is 2.31. The van der Waals surface area contributed by atoms with Gasteiger partial charge in [0.25, 0.3) is 0 Å². The van der Waals surface area contributed by atoms with Gasteiger partial charge >= 0.3 is 0 Å². The van der Waals surface area contributed by atoms with Crippen molar-refractivity contribution in [2.75, 3.05) is 16.8 Å². The monoisotopic (exact) mass is 350 g/mol. The summed E-state index contributed by atoms with van der Waals surface area (Å²) in [4.78, 5) is 38.3. The minimum absolute atomic E-state index is 0.0416. The summed E-state index contributed by atoms with van der Waals surface area (Å²) in [6.07, 6.45) is 0.187. The summed E-state index contributed by atoms with van der Waals surface area (Å²) in [5.74, 6) is -0.714. The lowest BCUT2D eigenvalue weighted by molar-refractivity contribution is -0.122. The van der Waals surface area contributed by atoms with Gasteiger partial charge < -0.3 is 10.2 Å². The lowest BCUT2D eigenvalue weighted by Gasteiger charge is -2.21. The van der Waals surface area contributed by atoms with Gasteiger partial charge in [0.05, 0.1) is 5.92 Å². The van der Waals surface area contributed by atoms with E-state index in [-0.39, 0.29) is 24.0 Å². The summed E-state index contributed by atoms with van der Waals surface area (Å²) < 4.78 is 0. The normalized spacial score (nSPS) is 16.7. The van der Waals surface area contributed by atoms with Gasteiger partial charge in [0.15, 0.2) is 5.78 Å². The van der Waals surface area contributed by atoms with E-state index in [1.165, 1.54) is 6.92 Å². The first-order chi connectivity index (χ1) is 12.4. The lowest BCUT2D eigenvalue weighted by Crippen LogP contribution is -2.29. The van der Waals surface area contributed by atoms with Crippen LogP contribution in [0.1, 0.15) is 34.8 Å². The molecule has 0 bridgehead atoms. The topological polar surface area (TPSA) is 66.5 Å². The molecule has 134 valence electrons. The standard InChI is InChI=1S/C21H22N2O3/c1-13-6-4-7-14(2)20(13)23-12-17(11-19(23)25)21(26)22-18-9-5-8-16(10-18)15(3)24/h4-10,17H,11-12H2,1-3H3,(H,22,26)/t17-/m0/s1. The van der Waals surface area contributed by atoms with Crippen molar-refractivity contribution in [3.63, 3.8) is 0 Å². The second-order valence-electron chi connectivity index (χ2n) is 6.77. The molecule has 5 heteroatoms. The van der Waals surface area contributed by atoms with Crippen LogP contribution in [0.2, 0.25) is 0 Å². The number of hydrogen-bond acceptors (Lipinski definition) is 3. The fourth-order valence-electron chi connectivity index (χ4n) is 3.39. The molecule has 1 fully saturated rings. The van der Waals surface area contributed by atoms with Crippen LogP contribution in [0.4, 0.5) is 11.4 Å². The molecule has 1 heterocycles. The third-order valence-electron chi connectivity index (χ3n) is 4.74. The van der Waals surface area contributed by atoms with Crippen LogP contribution in [0.15, 0.2) is 42.5 Å². The van der Waals surface area contributed by atoms with Crippen molar-refractivity contribution in [3.05, 3.63) is 59.2 Å². The first kappa shape index (κ1) is 17.9. The maximum Gasteiger partial charge on any atom is 0.229 e. The molecule has 0 aliphatic carbocycles. The van der Waals surface area contributed by atoms with Crippen LogP contribution in [-0.4, -0.2) is 24.1 Å². The zero-order valence-electron chi connectivity index (χ0n) is 15.2. The fraction of sp³-hybridized carbons (Fsp3) is 0.286. The van der Waals surface area contributed by atoms with E-state index in [0.29, 0.717) is 17.8 Å². The average molecular weight is 350 g/mol. The van der Waals surface area contributed by atoms with Crippen molar-refractivity contribution in [2.24, 2.45) is 5.92 Å². The van der Waals surface area contributed by atoms with E-state index < -0.39 is 5.92 Å². The Balaban J connectivity index is 1.75. The number of nitrogens with zero attached hydrogens (tertiary/aromatic N) is 1. The third-order valence-corrected chi connectivity index (χ3v) is 4.74. The second kappa shape index (κ2) is 7.12. The first-order valence-electron chi connectivity index (χ1n) is 8.65. The van der Waals surface area contributed by atoms with Crippen LogP contribution in [0, 0.1) is 19.8 Å². The molecule has 0 aromatic heterocycles. The molecule has 0 saturated carbocycles. The van der Waals surface area contributed by atoms with Crippen LogP contribution in [0.3, 0.4) is 0 Å². The largest absolute Gasteiger partial charge is 0.326 e. The maximum absolute atomic E-state index is 12.6. The molecular weight excluding hydrogens is 328 g/mol. The predicted octanol–water partition coefficient (Wildman–Crippen LogP) is 3.50. The van der Waals surface area contributed by atoms with Crippen molar-refractivity contribution < 1.29 is 14.4 Å². The molecule has 5 nitrogen and oxygen atoms in total. The highest BCUT2D eigenvalue weighted by Gasteiger charge is 2.36. The fourth-order valence-corrected chi connectivity index (χ4v) is 3.39. The van der Waals surface area contributed by atoms with Gasteiger partial charge in [-0.15, -0.1) is 0 Å². The number of amides is 2. The number of hydrogen-bond donors (Lipinski definition) is 1. The summed E-state index contributed by atoms with van der Waals surface area (Å²) in [7, 11) is 0. The smallest absolute Gasteiger partial charge is 0.229 e. The summed E-state index contributed by atoms with van der Waals surface area (Å²) in [5.41, 5.74) is 4.05. The average Bonchev–Trinajstić information content (AvgIpc) is 2.97. The summed E-state index contributed by atoms with van der Waals surface area (Å²) >= 11 is 0. The number of nitrogens with one attached hydrogen (secondary N) is 1. The quantitative estimate of drug-likeness (QED) is 0.858. The second-order valence-corrected chi connectivity index (χ2v) is 6.77. The van der Waals surface area contributed by atoms with E-state index >= 15 is 0 Å². The van der Waals surface area contributed by atoms with Gasteiger partial charge in [-0.1, -0.05) is 30.3 Å². The number of benzene rings is 2. The van der Waals surface area contributed by atoms with Crippen LogP contribution in [0.5, 0.6) is 0 Å². The van der Waals surface area contributed by atoms with Crippen molar-refractivity contribution in [1.82, 2.24) is 0 Å². The molecule has 1 aliphatic heterocycles. The van der Waals surface area contributed by atoms with E-state index in [4.69, 9.17) is 0 Å². The Hall–Kier alpha value is -2.95. The highest BCUT2D eigenvalue weighted by atomic mass is 16.2. The SMILES string of the molecule is CC(=O)c1cccc(NC(=O)[C@H]2CC(=O)N(c3c(C)cccc3C)C2)c1. The molecule has 0 unspecified atom stereocenters. The van der Waals surface area contributed by atoms with E-state index in [1.54, 1.807) is 29.2 Å². The van der Waals surface area contributed by atoms with Crippen LogP contribution in [-0.2, 0) is 9.59 Å². The predicted molar refractivity (Wildman–Crippen MR) is 101 cm³/mol. The number of carbonyl (C=O) groups is 3. The third kappa shape index (κ3) is 3.52. The van der Waals surface area contributed by atoms with Crippen molar-refractivity contribution >= 4 is 29.0 Å².